The summed E-state index contributed by atoms with van der Waals surface area (Å²) >= 11 is 3.28. The fourth-order valence-electron chi connectivity index (χ4n) is 3.78. The highest BCUT2D eigenvalue weighted by Crippen LogP contribution is 2.34. The number of H-pyrrole nitrogens is 1. The maximum atomic E-state index is 13.0. The smallest absolute Gasteiger partial charge is 0.416 e. The number of aliphatic hydroxyl groups is 1. The molecule has 36 heavy (non-hydrogen) atoms. The van der Waals surface area contributed by atoms with E-state index < -0.39 is 27.9 Å². The first kappa shape index (κ1) is 26.3. The summed E-state index contributed by atoms with van der Waals surface area (Å²) in [7, 11) is -3.46. The average Bonchev–Trinajstić information content (AvgIpc) is 3.15. The summed E-state index contributed by atoms with van der Waals surface area (Å²) in [6.07, 6.45) is -4.24. The largest absolute Gasteiger partial charge is 0.492 e. The van der Waals surface area contributed by atoms with Gasteiger partial charge < -0.3 is 20.1 Å². The molecule has 4 aromatic rings. The molecule has 0 radical (unpaired) electrons. The van der Waals surface area contributed by atoms with Gasteiger partial charge in [-0.1, -0.05) is 12.1 Å². The van der Waals surface area contributed by atoms with Gasteiger partial charge in [0.15, 0.2) is 0 Å². The van der Waals surface area contributed by atoms with E-state index in [4.69, 9.17) is 4.74 Å². The molecule has 1 atom stereocenters. The van der Waals surface area contributed by atoms with Crippen molar-refractivity contribution in [1.29, 1.82) is 0 Å². The van der Waals surface area contributed by atoms with Crippen molar-refractivity contribution < 1.29 is 31.4 Å². The quantitative estimate of drug-likeness (QED) is 0.203. The standard InChI is InChI=1S/C24H23BrF3N3O4S/c1-36(33,34)31-22-10-14(2-7-19(22)25)23(32)13-29-8-9-35-16-4-6-18-17-5-3-15(24(26,27)28)11-20(17)30-21(18)12-16/h2-7,10-12,23,29-32H,8-9,13H2,1H3/t23-/m1/s1. The molecular weight excluding hydrogens is 563 g/mol. The molecular formula is C24H23BrF3N3O4S. The number of nitrogens with one attached hydrogen (secondary N) is 3. The number of hydrogen-bond donors (Lipinski definition) is 4. The number of anilines is 1. The molecule has 4 rings (SSSR count). The number of fused-ring (bicyclic) bond motifs is 3. The Morgan fingerprint density at radius 1 is 1.06 bits per heavy atom. The molecule has 0 unspecified atom stereocenters. The minimum absolute atomic E-state index is 0.214. The first-order valence-electron chi connectivity index (χ1n) is 10.8. The van der Waals surface area contributed by atoms with E-state index >= 15 is 0 Å². The number of aliphatic hydroxyl groups excluding tert-OH is 1. The molecule has 0 spiro atoms. The van der Waals surface area contributed by atoms with Gasteiger partial charge in [-0.3, -0.25) is 4.72 Å². The molecule has 4 N–H and O–H groups in total. The van der Waals surface area contributed by atoms with Crippen LogP contribution in [0, 0.1) is 0 Å². The van der Waals surface area contributed by atoms with Gasteiger partial charge in [0.1, 0.15) is 12.4 Å². The van der Waals surface area contributed by atoms with E-state index in [2.05, 4.69) is 31.0 Å². The molecule has 0 aliphatic rings. The van der Waals surface area contributed by atoms with Gasteiger partial charge in [0.2, 0.25) is 10.0 Å². The van der Waals surface area contributed by atoms with E-state index in [9.17, 15) is 26.7 Å². The van der Waals surface area contributed by atoms with Gasteiger partial charge in [0, 0.05) is 39.9 Å². The third-order valence-electron chi connectivity index (χ3n) is 5.45. The fraction of sp³-hybridized carbons (Fsp3) is 0.250. The van der Waals surface area contributed by atoms with E-state index in [1.54, 1.807) is 36.4 Å². The number of aromatic amines is 1. The molecule has 0 saturated heterocycles. The molecule has 0 amide bonds. The van der Waals surface area contributed by atoms with Gasteiger partial charge in [-0.2, -0.15) is 13.2 Å². The average molecular weight is 586 g/mol. The van der Waals surface area contributed by atoms with E-state index in [1.807, 2.05) is 0 Å². The summed E-state index contributed by atoms with van der Waals surface area (Å²) in [6.45, 7) is 0.922. The second-order valence-electron chi connectivity index (χ2n) is 8.27. The molecule has 12 heteroatoms. The van der Waals surface area contributed by atoms with Crippen molar-refractivity contribution in [1.82, 2.24) is 10.3 Å². The van der Waals surface area contributed by atoms with Crippen LogP contribution in [-0.2, 0) is 16.2 Å². The SMILES string of the molecule is CS(=O)(=O)Nc1cc([C@H](O)CNCCOc2ccc3c(c2)[nH]c2cc(C(F)(F)F)ccc23)ccc1Br. The Hall–Kier alpha value is -2.80. The van der Waals surface area contributed by atoms with Crippen molar-refractivity contribution in [2.75, 3.05) is 30.7 Å². The fourth-order valence-corrected chi connectivity index (χ4v) is 4.83. The van der Waals surface area contributed by atoms with Crippen LogP contribution in [0.3, 0.4) is 0 Å². The normalized spacial score (nSPS) is 13.3. The molecule has 0 saturated carbocycles. The van der Waals surface area contributed by atoms with Crippen molar-refractivity contribution in [3.8, 4) is 5.75 Å². The Labute approximate surface area is 213 Å². The minimum atomic E-state index is -4.41. The molecule has 0 aliphatic carbocycles. The van der Waals surface area contributed by atoms with Gasteiger partial charge in [-0.25, -0.2) is 8.42 Å². The lowest BCUT2D eigenvalue weighted by Crippen LogP contribution is -2.26. The first-order valence-corrected chi connectivity index (χ1v) is 13.5. The Balaban J connectivity index is 1.32. The highest BCUT2D eigenvalue weighted by atomic mass is 79.9. The summed E-state index contributed by atoms with van der Waals surface area (Å²) < 4.78 is 70.7. The zero-order valence-electron chi connectivity index (χ0n) is 19.0. The molecule has 1 aromatic heterocycles. The van der Waals surface area contributed by atoms with Crippen LogP contribution >= 0.6 is 15.9 Å². The monoisotopic (exact) mass is 585 g/mol. The van der Waals surface area contributed by atoms with Crippen LogP contribution in [0.2, 0.25) is 0 Å². The van der Waals surface area contributed by atoms with Gasteiger partial charge >= 0.3 is 6.18 Å². The van der Waals surface area contributed by atoms with Gasteiger partial charge in [0.05, 0.1) is 29.1 Å². The lowest BCUT2D eigenvalue weighted by atomic mass is 10.1. The van der Waals surface area contributed by atoms with Crippen LogP contribution in [-0.4, -0.2) is 44.5 Å². The van der Waals surface area contributed by atoms with E-state index in [-0.39, 0.29) is 13.2 Å². The summed E-state index contributed by atoms with van der Waals surface area (Å²) in [6, 6.07) is 13.8. The van der Waals surface area contributed by atoms with Gasteiger partial charge in [-0.05, 0) is 57.9 Å². The minimum Gasteiger partial charge on any atom is -0.492 e. The number of halogens is 4. The van der Waals surface area contributed by atoms with Gasteiger partial charge in [0.25, 0.3) is 0 Å². The molecule has 3 aromatic carbocycles. The first-order chi connectivity index (χ1) is 16.9. The van der Waals surface area contributed by atoms with Crippen molar-refractivity contribution in [2.24, 2.45) is 0 Å². The molecule has 0 aliphatic heterocycles. The van der Waals surface area contributed by atoms with Crippen LogP contribution < -0.4 is 14.8 Å². The van der Waals surface area contributed by atoms with E-state index in [0.29, 0.717) is 44.4 Å². The second kappa shape index (κ2) is 10.3. The molecule has 1 heterocycles. The summed E-state index contributed by atoms with van der Waals surface area (Å²) in [5.74, 6) is 0.553. The number of rotatable bonds is 9. The topological polar surface area (TPSA) is 103 Å². The van der Waals surface area contributed by atoms with E-state index in [1.165, 1.54) is 6.07 Å². The van der Waals surface area contributed by atoms with Crippen molar-refractivity contribution in [3.05, 3.63) is 70.2 Å². The molecule has 0 fully saturated rings. The maximum absolute atomic E-state index is 13.0. The predicted molar refractivity (Wildman–Crippen MR) is 137 cm³/mol. The number of alkyl halides is 3. The second-order valence-corrected chi connectivity index (χ2v) is 10.9. The summed E-state index contributed by atoms with van der Waals surface area (Å²) in [4.78, 5) is 3.01. The third kappa shape index (κ3) is 6.30. The Morgan fingerprint density at radius 3 is 2.44 bits per heavy atom. The number of ether oxygens (including phenoxy) is 1. The van der Waals surface area contributed by atoms with Crippen molar-refractivity contribution >= 4 is 53.4 Å². The van der Waals surface area contributed by atoms with Crippen molar-refractivity contribution in [3.63, 3.8) is 0 Å². The highest BCUT2D eigenvalue weighted by Gasteiger charge is 2.30. The zero-order chi connectivity index (χ0) is 26.1. The van der Waals surface area contributed by atoms with Crippen LogP contribution in [0.15, 0.2) is 59.1 Å². The number of benzene rings is 3. The Morgan fingerprint density at radius 2 is 1.75 bits per heavy atom. The van der Waals surface area contributed by atoms with Crippen LogP contribution in [0.4, 0.5) is 18.9 Å². The summed E-state index contributed by atoms with van der Waals surface area (Å²) in [5.41, 5.74) is 1.22. The molecule has 192 valence electrons. The maximum Gasteiger partial charge on any atom is 0.416 e. The van der Waals surface area contributed by atoms with E-state index in [0.717, 1.165) is 23.8 Å². The Kier molecular flexibility index (Phi) is 7.51. The lowest BCUT2D eigenvalue weighted by molar-refractivity contribution is -0.137. The molecule has 7 nitrogen and oxygen atoms in total. The zero-order valence-corrected chi connectivity index (χ0v) is 21.4. The predicted octanol–water partition coefficient (Wildman–Crippen LogP) is 5.18. The highest BCUT2D eigenvalue weighted by molar-refractivity contribution is 9.10. The van der Waals surface area contributed by atoms with Crippen LogP contribution in [0.1, 0.15) is 17.2 Å². The number of aromatic nitrogens is 1. The number of hydrogen-bond acceptors (Lipinski definition) is 5. The van der Waals surface area contributed by atoms with Crippen LogP contribution in [0.25, 0.3) is 21.8 Å². The lowest BCUT2D eigenvalue weighted by Gasteiger charge is -2.15. The Bertz CT molecular complexity index is 1510. The van der Waals surface area contributed by atoms with Gasteiger partial charge in [-0.15, -0.1) is 0 Å². The third-order valence-corrected chi connectivity index (χ3v) is 6.74. The number of sulfonamides is 1. The molecule has 0 bridgehead atoms. The van der Waals surface area contributed by atoms with Crippen LogP contribution in [0.5, 0.6) is 5.75 Å². The van der Waals surface area contributed by atoms with Crippen molar-refractivity contribution in [2.45, 2.75) is 12.3 Å². The summed E-state index contributed by atoms with van der Waals surface area (Å²) in [5, 5.41) is 15.0.